The molecule has 0 aromatic heterocycles. The molecular formula is C25H19NO4. The van der Waals surface area contributed by atoms with Crippen LogP contribution in [0, 0.1) is 0 Å². The Morgan fingerprint density at radius 2 is 1.47 bits per heavy atom. The highest BCUT2D eigenvalue weighted by atomic mass is 16.5. The largest absolute Gasteiger partial charge is 0.465 e. The summed E-state index contributed by atoms with van der Waals surface area (Å²) in [5.41, 5.74) is 1.13. The summed E-state index contributed by atoms with van der Waals surface area (Å²) in [7, 11) is 1.30. The van der Waals surface area contributed by atoms with Crippen LogP contribution in [-0.4, -0.2) is 19.0 Å². The van der Waals surface area contributed by atoms with Gasteiger partial charge in [0.15, 0.2) is 0 Å². The molecule has 4 aromatic carbocycles. The van der Waals surface area contributed by atoms with Crippen LogP contribution >= 0.6 is 0 Å². The molecule has 148 valence electrons. The van der Waals surface area contributed by atoms with Crippen molar-refractivity contribution in [2.75, 3.05) is 12.4 Å². The second-order valence-electron chi connectivity index (χ2n) is 6.60. The first-order valence-electron chi connectivity index (χ1n) is 9.40. The quantitative estimate of drug-likeness (QED) is 0.441. The van der Waals surface area contributed by atoms with Gasteiger partial charge in [0.1, 0.15) is 11.5 Å². The summed E-state index contributed by atoms with van der Waals surface area (Å²) in [4.78, 5) is 24.5. The number of esters is 1. The van der Waals surface area contributed by atoms with E-state index in [1.54, 1.807) is 48.5 Å². The van der Waals surface area contributed by atoms with Crippen LogP contribution < -0.4 is 10.1 Å². The zero-order valence-corrected chi connectivity index (χ0v) is 16.3. The molecule has 0 bridgehead atoms. The molecule has 30 heavy (non-hydrogen) atoms. The highest BCUT2D eigenvalue weighted by Gasteiger charge is 2.14. The number of nitrogens with one attached hydrogen (secondary N) is 1. The van der Waals surface area contributed by atoms with E-state index in [-0.39, 0.29) is 5.91 Å². The number of carbonyl (C=O) groups is 2. The molecule has 5 heteroatoms. The molecule has 0 unspecified atom stereocenters. The van der Waals surface area contributed by atoms with E-state index in [4.69, 9.17) is 9.47 Å². The lowest BCUT2D eigenvalue weighted by molar-refractivity contribution is 0.0602. The van der Waals surface area contributed by atoms with Crippen LogP contribution in [0.4, 0.5) is 5.69 Å². The molecule has 0 atom stereocenters. The second-order valence-corrected chi connectivity index (χ2v) is 6.60. The van der Waals surface area contributed by atoms with Gasteiger partial charge in [-0.1, -0.05) is 48.5 Å². The zero-order chi connectivity index (χ0) is 20.9. The predicted octanol–water partition coefficient (Wildman–Crippen LogP) is 5.67. The van der Waals surface area contributed by atoms with Crippen molar-refractivity contribution in [2.24, 2.45) is 0 Å². The van der Waals surface area contributed by atoms with Crippen molar-refractivity contribution in [3.8, 4) is 11.5 Å². The average Bonchev–Trinajstić information content (AvgIpc) is 2.79. The molecule has 0 fully saturated rings. The number of methoxy groups -OCH3 is 1. The fourth-order valence-corrected chi connectivity index (χ4v) is 3.16. The molecule has 0 aliphatic rings. The number of amides is 1. The van der Waals surface area contributed by atoms with Crippen LogP contribution in [0.15, 0.2) is 91.0 Å². The standard InChI is InChI=1S/C25H19NO4/c1-29-25(28)21-10-4-5-11-22(21)26-24(27)18-13-15-19(16-14-18)30-23-12-6-8-17-7-2-3-9-20(17)23/h2-16H,1H3,(H,26,27). The van der Waals surface area contributed by atoms with Crippen LogP contribution in [0.1, 0.15) is 20.7 Å². The van der Waals surface area contributed by atoms with Crippen LogP contribution in [0.5, 0.6) is 11.5 Å². The Labute approximate surface area is 173 Å². The van der Waals surface area contributed by atoms with E-state index in [2.05, 4.69) is 5.32 Å². The number of benzene rings is 4. The van der Waals surface area contributed by atoms with Crippen LogP contribution in [0.25, 0.3) is 10.8 Å². The molecule has 0 aliphatic carbocycles. The maximum absolute atomic E-state index is 12.6. The smallest absolute Gasteiger partial charge is 0.339 e. The van der Waals surface area contributed by atoms with Crippen molar-refractivity contribution in [3.63, 3.8) is 0 Å². The summed E-state index contributed by atoms with van der Waals surface area (Å²) >= 11 is 0. The molecule has 1 amide bonds. The summed E-state index contributed by atoms with van der Waals surface area (Å²) in [5, 5.41) is 4.86. The SMILES string of the molecule is COC(=O)c1ccccc1NC(=O)c1ccc(Oc2cccc3ccccc23)cc1. The number of para-hydroxylation sites is 1. The number of hydrogen-bond acceptors (Lipinski definition) is 4. The lowest BCUT2D eigenvalue weighted by Gasteiger charge is -2.11. The van der Waals surface area contributed by atoms with Gasteiger partial charge in [-0.15, -0.1) is 0 Å². The highest BCUT2D eigenvalue weighted by Crippen LogP contribution is 2.30. The van der Waals surface area contributed by atoms with E-state index >= 15 is 0 Å². The molecule has 4 aromatic rings. The minimum absolute atomic E-state index is 0.296. The fourth-order valence-electron chi connectivity index (χ4n) is 3.16. The van der Waals surface area contributed by atoms with Gasteiger partial charge in [-0.05, 0) is 47.9 Å². The maximum atomic E-state index is 12.6. The van der Waals surface area contributed by atoms with Gasteiger partial charge >= 0.3 is 5.97 Å². The van der Waals surface area contributed by atoms with Gasteiger partial charge in [-0.25, -0.2) is 4.79 Å². The third-order valence-corrected chi connectivity index (χ3v) is 4.67. The molecule has 4 rings (SSSR count). The summed E-state index contributed by atoms with van der Waals surface area (Å²) in [6, 6.07) is 27.4. The number of ether oxygens (including phenoxy) is 2. The molecule has 0 radical (unpaired) electrons. The molecule has 0 saturated heterocycles. The molecule has 1 N–H and O–H groups in total. The van der Waals surface area contributed by atoms with Gasteiger partial charge in [0, 0.05) is 10.9 Å². The molecular weight excluding hydrogens is 378 g/mol. The van der Waals surface area contributed by atoms with E-state index in [1.807, 2.05) is 42.5 Å². The van der Waals surface area contributed by atoms with Gasteiger partial charge in [-0.3, -0.25) is 4.79 Å². The van der Waals surface area contributed by atoms with Crippen LogP contribution in [-0.2, 0) is 4.74 Å². The number of rotatable bonds is 5. The fraction of sp³-hybridized carbons (Fsp3) is 0.0400. The van der Waals surface area contributed by atoms with E-state index < -0.39 is 5.97 Å². The van der Waals surface area contributed by atoms with Gasteiger partial charge in [0.05, 0.1) is 18.4 Å². The Morgan fingerprint density at radius 3 is 2.27 bits per heavy atom. The van der Waals surface area contributed by atoms with Crippen LogP contribution in [0.3, 0.4) is 0 Å². The normalized spacial score (nSPS) is 10.4. The molecule has 0 heterocycles. The van der Waals surface area contributed by atoms with Crippen LogP contribution in [0.2, 0.25) is 0 Å². The Balaban J connectivity index is 1.51. The van der Waals surface area contributed by atoms with Crippen molar-refractivity contribution in [2.45, 2.75) is 0 Å². The van der Waals surface area contributed by atoms with Gasteiger partial charge in [0.25, 0.3) is 5.91 Å². The minimum Gasteiger partial charge on any atom is -0.465 e. The third-order valence-electron chi connectivity index (χ3n) is 4.67. The molecule has 5 nitrogen and oxygen atoms in total. The maximum Gasteiger partial charge on any atom is 0.339 e. The van der Waals surface area contributed by atoms with Crippen molar-refractivity contribution in [1.29, 1.82) is 0 Å². The summed E-state index contributed by atoms with van der Waals surface area (Å²) < 4.78 is 10.8. The first-order chi connectivity index (χ1) is 14.7. The summed E-state index contributed by atoms with van der Waals surface area (Å²) in [5.74, 6) is 0.531. The first kappa shape index (κ1) is 19.2. The Kier molecular flexibility index (Phi) is 5.44. The van der Waals surface area contributed by atoms with Crippen molar-refractivity contribution in [1.82, 2.24) is 0 Å². The van der Waals surface area contributed by atoms with Crippen molar-refractivity contribution in [3.05, 3.63) is 102 Å². The Morgan fingerprint density at radius 1 is 0.767 bits per heavy atom. The number of hydrogen-bond donors (Lipinski definition) is 1. The second kappa shape index (κ2) is 8.49. The average molecular weight is 397 g/mol. The van der Waals surface area contributed by atoms with E-state index in [1.165, 1.54) is 7.11 Å². The van der Waals surface area contributed by atoms with E-state index in [0.29, 0.717) is 22.6 Å². The van der Waals surface area contributed by atoms with E-state index in [0.717, 1.165) is 16.5 Å². The lowest BCUT2D eigenvalue weighted by atomic mass is 10.1. The molecule has 0 spiro atoms. The minimum atomic E-state index is -0.510. The monoisotopic (exact) mass is 397 g/mol. The predicted molar refractivity (Wildman–Crippen MR) is 116 cm³/mol. The topological polar surface area (TPSA) is 64.6 Å². The Bertz CT molecular complexity index is 1210. The van der Waals surface area contributed by atoms with E-state index in [9.17, 15) is 9.59 Å². The van der Waals surface area contributed by atoms with Gasteiger partial charge < -0.3 is 14.8 Å². The summed E-state index contributed by atoms with van der Waals surface area (Å²) in [6.07, 6.45) is 0. The lowest BCUT2D eigenvalue weighted by Crippen LogP contribution is -2.15. The van der Waals surface area contributed by atoms with Gasteiger partial charge in [-0.2, -0.15) is 0 Å². The Hall–Kier alpha value is -4.12. The molecule has 0 saturated carbocycles. The highest BCUT2D eigenvalue weighted by molar-refractivity contribution is 6.08. The van der Waals surface area contributed by atoms with Gasteiger partial charge in [0.2, 0.25) is 0 Å². The first-order valence-corrected chi connectivity index (χ1v) is 9.40. The number of fused-ring (bicyclic) bond motifs is 1. The van der Waals surface area contributed by atoms with Crippen molar-refractivity contribution >= 4 is 28.3 Å². The molecule has 0 aliphatic heterocycles. The number of anilines is 1. The zero-order valence-electron chi connectivity index (χ0n) is 16.3. The summed E-state index contributed by atoms with van der Waals surface area (Å²) in [6.45, 7) is 0. The number of carbonyl (C=O) groups excluding carboxylic acids is 2. The third kappa shape index (κ3) is 4.00. The van der Waals surface area contributed by atoms with Crippen molar-refractivity contribution < 1.29 is 19.1 Å².